The Kier molecular flexibility index (Phi) is 6.39. The molecule has 0 amide bonds. The Balaban J connectivity index is 1.78. The first-order valence-electron chi connectivity index (χ1n) is 9.19. The molecular weight excluding hydrogens is 408 g/mol. The first kappa shape index (κ1) is 21.1. The second-order valence-electron chi connectivity index (χ2n) is 6.89. The van der Waals surface area contributed by atoms with E-state index in [2.05, 4.69) is 17.3 Å². The third kappa shape index (κ3) is 5.05. The number of aryl methyl sites for hydroxylation is 1. The zero-order valence-corrected chi connectivity index (χ0v) is 17.9. The number of hydrogen-bond donors (Lipinski definition) is 3. The highest BCUT2D eigenvalue weighted by atomic mass is 35.5. The molecule has 0 bridgehead atoms. The van der Waals surface area contributed by atoms with Crippen LogP contribution in [0.15, 0.2) is 48.4 Å². The Morgan fingerprint density at radius 3 is 2.86 bits per heavy atom. The van der Waals surface area contributed by atoms with Gasteiger partial charge in [-0.25, -0.2) is 4.21 Å². The van der Waals surface area contributed by atoms with Crippen LogP contribution in [0.2, 0.25) is 5.02 Å². The lowest BCUT2D eigenvalue weighted by Crippen LogP contribution is -2.25. The molecule has 0 spiro atoms. The van der Waals surface area contributed by atoms with Gasteiger partial charge in [-0.05, 0) is 54.6 Å². The lowest BCUT2D eigenvalue weighted by Gasteiger charge is -2.22. The van der Waals surface area contributed by atoms with Crippen molar-refractivity contribution in [3.8, 4) is 5.75 Å². The van der Waals surface area contributed by atoms with Crippen molar-refractivity contribution in [2.24, 2.45) is 5.73 Å². The average molecular weight is 433 g/mol. The second-order valence-corrected chi connectivity index (χ2v) is 9.72. The predicted molar refractivity (Wildman–Crippen MR) is 124 cm³/mol. The zero-order chi connectivity index (χ0) is 21.0. The van der Waals surface area contributed by atoms with Crippen molar-refractivity contribution in [1.29, 1.82) is 5.41 Å². The van der Waals surface area contributed by atoms with Gasteiger partial charge < -0.3 is 21.2 Å². The average Bonchev–Trinajstić information content (AvgIpc) is 3.04. The first-order chi connectivity index (χ1) is 13.8. The van der Waals surface area contributed by atoms with Crippen molar-refractivity contribution in [3.63, 3.8) is 0 Å². The molecular formula is C21H25ClN4O2S. The molecule has 3 rings (SSSR count). The van der Waals surface area contributed by atoms with E-state index in [9.17, 15) is 4.21 Å². The quantitative estimate of drug-likeness (QED) is 0.351. The van der Waals surface area contributed by atoms with E-state index in [0.717, 1.165) is 41.7 Å². The molecule has 0 aromatic heterocycles. The first-order valence-corrected chi connectivity index (χ1v) is 11.4. The third-order valence-corrected chi connectivity index (χ3v) is 7.08. The van der Waals surface area contributed by atoms with Gasteiger partial charge in [0.05, 0.1) is 6.21 Å². The minimum atomic E-state index is -2.22. The fourth-order valence-corrected chi connectivity index (χ4v) is 5.19. The van der Waals surface area contributed by atoms with Crippen molar-refractivity contribution >= 4 is 44.8 Å². The van der Waals surface area contributed by atoms with Gasteiger partial charge in [0, 0.05) is 57.2 Å². The molecule has 2 aromatic rings. The Morgan fingerprint density at radius 1 is 1.41 bits per heavy atom. The molecule has 29 heavy (non-hydrogen) atoms. The van der Waals surface area contributed by atoms with Crippen LogP contribution in [0.1, 0.15) is 17.5 Å². The molecule has 154 valence electrons. The SMILES string of the molecule is C=S1(=O)CCCN1c1ccc(C)c(CNc2cc(Cl)cc(O/C(C=N)=C/N)c2)c1. The molecule has 1 fully saturated rings. The van der Waals surface area contributed by atoms with E-state index in [1.807, 2.05) is 23.4 Å². The van der Waals surface area contributed by atoms with Gasteiger partial charge in [-0.15, -0.1) is 0 Å². The smallest absolute Gasteiger partial charge is 0.160 e. The van der Waals surface area contributed by atoms with Crippen molar-refractivity contribution in [2.45, 2.75) is 19.9 Å². The summed E-state index contributed by atoms with van der Waals surface area (Å²) in [5, 5.41) is 11.1. The number of benzene rings is 2. The predicted octanol–water partition coefficient (Wildman–Crippen LogP) is 3.93. The summed E-state index contributed by atoms with van der Waals surface area (Å²) in [6, 6.07) is 11.3. The van der Waals surface area contributed by atoms with E-state index in [0.29, 0.717) is 23.1 Å². The Morgan fingerprint density at radius 2 is 2.21 bits per heavy atom. The summed E-state index contributed by atoms with van der Waals surface area (Å²) in [6.45, 7) is 3.37. The minimum absolute atomic E-state index is 0.226. The molecule has 0 aliphatic carbocycles. The number of rotatable bonds is 7. The number of nitrogens with one attached hydrogen (secondary N) is 2. The van der Waals surface area contributed by atoms with Crippen molar-refractivity contribution in [2.75, 3.05) is 21.9 Å². The van der Waals surface area contributed by atoms with E-state index in [-0.39, 0.29) is 5.76 Å². The monoisotopic (exact) mass is 432 g/mol. The molecule has 1 unspecified atom stereocenters. The fourth-order valence-electron chi connectivity index (χ4n) is 3.20. The highest BCUT2D eigenvalue weighted by Crippen LogP contribution is 2.28. The summed E-state index contributed by atoms with van der Waals surface area (Å²) in [5.74, 6) is 5.26. The maximum absolute atomic E-state index is 12.6. The van der Waals surface area contributed by atoms with Crippen molar-refractivity contribution < 1.29 is 8.95 Å². The lowest BCUT2D eigenvalue weighted by molar-refractivity contribution is 0.455. The molecule has 2 aromatic carbocycles. The van der Waals surface area contributed by atoms with Crippen LogP contribution in [0.3, 0.4) is 0 Å². The van der Waals surface area contributed by atoms with Crippen LogP contribution in [-0.4, -0.2) is 28.6 Å². The van der Waals surface area contributed by atoms with Gasteiger partial charge in [-0.2, -0.15) is 0 Å². The molecule has 1 aliphatic rings. The van der Waals surface area contributed by atoms with Crippen LogP contribution in [0.4, 0.5) is 11.4 Å². The second kappa shape index (κ2) is 8.80. The highest BCUT2D eigenvalue weighted by molar-refractivity contribution is 8.01. The lowest BCUT2D eigenvalue weighted by atomic mass is 10.1. The molecule has 0 radical (unpaired) electrons. The van der Waals surface area contributed by atoms with Crippen molar-refractivity contribution in [3.05, 3.63) is 64.5 Å². The Bertz CT molecular complexity index is 1050. The molecule has 1 aliphatic heterocycles. The van der Waals surface area contributed by atoms with E-state index in [1.165, 1.54) is 6.20 Å². The highest BCUT2D eigenvalue weighted by Gasteiger charge is 2.23. The Hall–Kier alpha value is -2.64. The number of nitrogens with zero attached hydrogens (tertiary/aromatic N) is 1. The van der Waals surface area contributed by atoms with Gasteiger partial charge in [-0.3, -0.25) is 4.31 Å². The zero-order valence-electron chi connectivity index (χ0n) is 16.3. The fraction of sp³-hybridized carbons (Fsp3) is 0.238. The summed E-state index contributed by atoms with van der Waals surface area (Å²) in [6.07, 6.45) is 3.14. The minimum Gasteiger partial charge on any atom is -0.454 e. The third-order valence-electron chi connectivity index (χ3n) is 4.74. The van der Waals surface area contributed by atoms with Gasteiger partial charge >= 0.3 is 0 Å². The van der Waals surface area contributed by atoms with Crippen molar-refractivity contribution in [1.82, 2.24) is 0 Å². The molecule has 4 N–H and O–H groups in total. The van der Waals surface area contributed by atoms with Gasteiger partial charge in [0.2, 0.25) is 0 Å². The molecule has 8 heteroatoms. The maximum atomic E-state index is 12.6. The largest absolute Gasteiger partial charge is 0.454 e. The van der Waals surface area contributed by atoms with Crippen LogP contribution < -0.4 is 20.1 Å². The number of hydrogen-bond acceptors (Lipinski definition) is 5. The van der Waals surface area contributed by atoms with Crippen LogP contribution in [0, 0.1) is 12.3 Å². The number of ether oxygens (including phenoxy) is 1. The Labute approximate surface area is 177 Å². The number of halogens is 1. The van der Waals surface area contributed by atoms with E-state index in [4.69, 9.17) is 27.5 Å². The normalized spacial score (nSPS) is 19.2. The summed E-state index contributed by atoms with van der Waals surface area (Å²) < 4.78 is 20.1. The topological polar surface area (TPSA) is 91.4 Å². The summed E-state index contributed by atoms with van der Waals surface area (Å²) in [5.41, 5.74) is 9.36. The van der Waals surface area contributed by atoms with Crippen LogP contribution in [0.25, 0.3) is 0 Å². The number of allylic oxidation sites excluding steroid dienone is 1. The number of anilines is 2. The summed E-state index contributed by atoms with van der Waals surface area (Å²) in [4.78, 5) is 0. The van der Waals surface area contributed by atoms with E-state index >= 15 is 0 Å². The van der Waals surface area contributed by atoms with Crippen LogP contribution in [0.5, 0.6) is 5.75 Å². The number of nitrogens with two attached hydrogens (primary N) is 1. The summed E-state index contributed by atoms with van der Waals surface area (Å²) >= 11 is 6.20. The standard InChI is InChI=1S/C21H25ClN4O2S/c1-15-4-5-19(26-6-3-7-29(26,2)27)8-16(15)14-25-18-9-17(22)10-20(11-18)28-21(12-23)13-24/h4-5,8-13,23,25H,2-3,6-7,14,24H2,1H3/b21-13+,23-12?. The van der Waals surface area contributed by atoms with Gasteiger partial charge in [0.25, 0.3) is 0 Å². The van der Waals surface area contributed by atoms with E-state index in [1.54, 1.807) is 18.2 Å². The molecule has 6 nitrogen and oxygen atoms in total. The van der Waals surface area contributed by atoms with Crippen LogP contribution in [-0.2, 0) is 16.3 Å². The molecule has 1 atom stereocenters. The van der Waals surface area contributed by atoms with Gasteiger partial charge in [-0.1, -0.05) is 17.7 Å². The van der Waals surface area contributed by atoms with Gasteiger partial charge in [0.15, 0.2) is 5.76 Å². The molecule has 1 heterocycles. The molecule has 0 saturated carbocycles. The van der Waals surface area contributed by atoms with Crippen LogP contribution >= 0.6 is 11.6 Å². The molecule has 1 saturated heterocycles. The summed E-state index contributed by atoms with van der Waals surface area (Å²) in [7, 11) is -2.22. The van der Waals surface area contributed by atoms with E-state index < -0.39 is 9.71 Å². The maximum Gasteiger partial charge on any atom is 0.160 e. The van der Waals surface area contributed by atoms with Gasteiger partial charge in [0.1, 0.15) is 5.75 Å².